The highest BCUT2D eigenvalue weighted by atomic mass is 35.5. The van der Waals surface area contributed by atoms with E-state index in [1.165, 1.54) is 37.9 Å². The summed E-state index contributed by atoms with van der Waals surface area (Å²) in [6, 6.07) is 5.17. The van der Waals surface area contributed by atoms with Crippen molar-refractivity contribution in [2.24, 2.45) is 5.92 Å². The Kier molecular flexibility index (Phi) is 7.02. The maximum Gasteiger partial charge on any atom is 0.176 e. The minimum atomic E-state index is 0. The van der Waals surface area contributed by atoms with Gasteiger partial charge in [0.1, 0.15) is 6.04 Å². The average Bonchev–Trinajstić information content (AvgIpc) is 2.32. The van der Waals surface area contributed by atoms with Crippen molar-refractivity contribution in [1.82, 2.24) is 0 Å². The Hall–Kier alpha value is -0.350. The standard InChI is InChI=1S/C12H16N2.2ClH.H2O/c1-2-11(9-13-5-1)12-8-10-3-6-14(12)7-4-10;;;/h1-2,5,9-10,12H,3-4,6-8H2;2*1H;1H2/t12-;;;/m1.../s1. The third kappa shape index (κ3) is 3.32. The van der Waals surface area contributed by atoms with E-state index in [0.29, 0.717) is 0 Å². The molecule has 0 spiro atoms. The first-order valence-electron chi connectivity index (χ1n) is 5.74. The molecule has 0 amide bonds. The first kappa shape index (κ1) is 16.6. The molecule has 17 heavy (non-hydrogen) atoms. The maximum atomic E-state index is 3.20. The number of pyridine rings is 1. The number of hydrogen-bond acceptors (Lipinski definition) is 0. The van der Waals surface area contributed by atoms with Gasteiger partial charge in [-0.1, -0.05) is 0 Å². The molecule has 2 bridgehead atoms. The third-order valence-corrected chi connectivity index (χ3v) is 3.94. The number of quaternary nitrogens is 1. The number of rotatable bonds is 1. The minimum Gasteiger partial charge on any atom is -1.00 e. The summed E-state index contributed by atoms with van der Waals surface area (Å²) in [7, 11) is 0. The van der Waals surface area contributed by atoms with Crippen LogP contribution < -0.4 is 34.7 Å². The number of aromatic nitrogens is 1. The fraction of sp³-hybridized carbons (Fsp3) is 0.583. The topological polar surface area (TPSA) is 50.1 Å². The Balaban J connectivity index is 0.000000853. The van der Waals surface area contributed by atoms with Gasteiger partial charge in [-0.15, -0.1) is 0 Å². The first-order valence-corrected chi connectivity index (χ1v) is 5.74. The second-order valence-electron chi connectivity index (χ2n) is 4.73. The fourth-order valence-corrected chi connectivity index (χ4v) is 3.13. The number of halogens is 2. The van der Waals surface area contributed by atoms with Crippen molar-refractivity contribution in [3.63, 3.8) is 0 Å². The van der Waals surface area contributed by atoms with Crippen molar-refractivity contribution in [3.8, 4) is 0 Å². The number of H-pyrrole nitrogens is 1. The van der Waals surface area contributed by atoms with Crippen molar-refractivity contribution in [3.05, 3.63) is 30.1 Å². The van der Waals surface area contributed by atoms with E-state index in [-0.39, 0.29) is 30.3 Å². The predicted octanol–water partition coefficient (Wildman–Crippen LogP) is -6.58. The molecule has 3 aliphatic heterocycles. The van der Waals surface area contributed by atoms with Crippen LogP contribution in [0.2, 0.25) is 0 Å². The normalized spacial score (nSPS) is 29.5. The van der Waals surface area contributed by atoms with Gasteiger partial charge in [0.05, 0.1) is 18.7 Å². The molecule has 4 heterocycles. The number of piperidine rings is 3. The van der Waals surface area contributed by atoms with Crippen LogP contribution in [0.15, 0.2) is 24.5 Å². The zero-order valence-corrected chi connectivity index (χ0v) is 11.3. The second-order valence-corrected chi connectivity index (χ2v) is 4.73. The lowest BCUT2D eigenvalue weighted by molar-refractivity contribution is -0.948. The lowest BCUT2D eigenvalue weighted by Gasteiger charge is -2.41. The zero-order chi connectivity index (χ0) is 9.38. The van der Waals surface area contributed by atoms with Gasteiger partial charge in [-0.25, -0.2) is 4.98 Å². The lowest BCUT2D eigenvalue weighted by atomic mass is 9.81. The molecule has 0 saturated carbocycles. The Morgan fingerprint density at radius 2 is 1.88 bits per heavy atom. The Labute approximate surface area is 115 Å². The monoisotopic (exact) mass is 278 g/mol. The lowest BCUT2D eigenvalue weighted by Crippen LogP contribution is -3.15. The molecule has 3 nitrogen and oxygen atoms in total. The summed E-state index contributed by atoms with van der Waals surface area (Å²) in [5.41, 5.74) is 1.51. The number of fused-ring (bicyclic) bond motifs is 3. The molecule has 4 N–H and O–H groups in total. The quantitative estimate of drug-likeness (QED) is 0.531. The molecule has 0 radical (unpaired) electrons. The van der Waals surface area contributed by atoms with Gasteiger partial charge in [0.2, 0.25) is 0 Å². The van der Waals surface area contributed by atoms with Crippen LogP contribution in [0.3, 0.4) is 0 Å². The van der Waals surface area contributed by atoms with Crippen molar-refractivity contribution < 1.29 is 40.2 Å². The van der Waals surface area contributed by atoms with Crippen LogP contribution in [-0.4, -0.2) is 18.6 Å². The van der Waals surface area contributed by atoms with Crippen LogP contribution in [0, 0.1) is 5.92 Å². The third-order valence-electron chi connectivity index (χ3n) is 3.94. The molecule has 0 aromatic carbocycles. The van der Waals surface area contributed by atoms with Gasteiger partial charge in [-0.05, 0) is 24.8 Å². The van der Waals surface area contributed by atoms with Gasteiger partial charge in [0.25, 0.3) is 0 Å². The molecule has 1 atom stereocenters. The Bertz CT molecular complexity index is 316. The van der Waals surface area contributed by atoms with Crippen LogP contribution in [-0.2, 0) is 0 Å². The summed E-state index contributed by atoms with van der Waals surface area (Å²) < 4.78 is 0. The van der Waals surface area contributed by atoms with Gasteiger partial charge < -0.3 is 35.2 Å². The molecule has 1 aromatic rings. The molecule has 4 rings (SSSR count). The predicted molar refractivity (Wildman–Crippen MR) is 57.4 cm³/mol. The summed E-state index contributed by atoms with van der Waals surface area (Å²) in [6.07, 6.45) is 8.51. The zero-order valence-electron chi connectivity index (χ0n) is 9.76. The van der Waals surface area contributed by atoms with Crippen LogP contribution in [0.5, 0.6) is 0 Å². The van der Waals surface area contributed by atoms with Crippen LogP contribution >= 0.6 is 0 Å². The van der Waals surface area contributed by atoms with Crippen molar-refractivity contribution >= 4 is 0 Å². The summed E-state index contributed by atoms with van der Waals surface area (Å²) in [6.45, 7) is 2.79. The SMILES string of the molecule is O.[Cl-].[Cl-].c1c[nH+]cc([C@H]2CC3CC[NH+]2CC3)c1. The van der Waals surface area contributed by atoms with Crippen LogP contribution in [0.4, 0.5) is 0 Å². The van der Waals surface area contributed by atoms with E-state index >= 15 is 0 Å². The second kappa shape index (κ2) is 7.17. The molecule has 3 aliphatic rings. The molecule has 3 saturated heterocycles. The smallest absolute Gasteiger partial charge is 0.176 e. The maximum absolute atomic E-state index is 3.20. The van der Waals surface area contributed by atoms with E-state index in [2.05, 4.69) is 23.3 Å². The number of aromatic amines is 1. The van der Waals surface area contributed by atoms with E-state index in [0.717, 1.165) is 12.0 Å². The molecular weight excluding hydrogens is 259 g/mol. The number of nitrogens with one attached hydrogen (secondary N) is 2. The molecule has 1 aromatic heterocycles. The van der Waals surface area contributed by atoms with E-state index in [9.17, 15) is 0 Å². The highest BCUT2D eigenvalue weighted by Gasteiger charge is 2.38. The van der Waals surface area contributed by atoms with Gasteiger partial charge in [-0.3, -0.25) is 0 Å². The summed E-state index contributed by atoms with van der Waals surface area (Å²) >= 11 is 0. The molecular formula is C12H20Cl2N2O. The summed E-state index contributed by atoms with van der Waals surface area (Å²) in [4.78, 5) is 5.02. The van der Waals surface area contributed by atoms with Gasteiger partial charge >= 0.3 is 0 Å². The first-order chi connectivity index (χ1) is 6.93. The molecule has 3 fully saturated rings. The van der Waals surface area contributed by atoms with E-state index in [1.807, 2.05) is 11.1 Å². The number of hydrogen-bond donors (Lipinski definition) is 1. The van der Waals surface area contributed by atoms with Crippen molar-refractivity contribution in [2.75, 3.05) is 13.1 Å². The largest absolute Gasteiger partial charge is 1.00 e. The Morgan fingerprint density at radius 1 is 1.18 bits per heavy atom. The van der Waals surface area contributed by atoms with Crippen LogP contribution in [0.1, 0.15) is 30.9 Å². The van der Waals surface area contributed by atoms with Crippen molar-refractivity contribution in [2.45, 2.75) is 25.3 Å². The summed E-state index contributed by atoms with van der Waals surface area (Å²) in [5.74, 6) is 1.01. The van der Waals surface area contributed by atoms with Gasteiger partial charge in [0, 0.05) is 12.5 Å². The molecule has 0 unspecified atom stereocenters. The highest BCUT2D eigenvalue weighted by molar-refractivity contribution is 5.09. The van der Waals surface area contributed by atoms with E-state index < -0.39 is 0 Å². The van der Waals surface area contributed by atoms with Crippen LogP contribution in [0.25, 0.3) is 0 Å². The summed E-state index contributed by atoms with van der Waals surface area (Å²) in [5, 5.41) is 0. The fourth-order valence-electron chi connectivity index (χ4n) is 3.13. The van der Waals surface area contributed by atoms with Crippen molar-refractivity contribution in [1.29, 1.82) is 0 Å². The molecule has 98 valence electrons. The minimum absolute atomic E-state index is 0. The van der Waals surface area contributed by atoms with Gasteiger partial charge in [-0.2, -0.15) is 0 Å². The molecule has 0 aliphatic carbocycles. The van der Waals surface area contributed by atoms with Gasteiger partial charge in [0.15, 0.2) is 12.4 Å². The van der Waals surface area contributed by atoms with E-state index in [1.54, 1.807) is 0 Å². The average molecular weight is 279 g/mol. The Morgan fingerprint density at radius 3 is 2.35 bits per heavy atom. The highest BCUT2D eigenvalue weighted by Crippen LogP contribution is 2.28. The van der Waals surface area contributed by atoms with E-state index in [4.69, 9.17) is 0 Å². The molecule has 5 heteroatoms.